The molecule has 0 aliphatic carbocycles. The Labute approximate surface area is 93.7 Å². The quantitative estimate of drug-likeness (QED) is 0.811. The summed E-state index contributed by atoms with van der Waals surface area (Å²) in [5.74, 6) is 0.167. The lowest BCUT2D eigenvalue weighted by Gasteiger charge is -1.95. The minimum Gasteiger partial charge on any atom is -0.316 e. The average Bonchev–Trinajstić information content (AvgIpc) is 2.22. The van der Waals surface area contributed by atoms with E-state index in [2.05, 4.69) is 17.4 Å². The van der Waals surface area contributed by atoms with Crippen LogP contribution in [0.4, 0.5) is 0 Å². The number of Topliss-reactive ketones (excluding diaryl/α,β-unsaturated/α-hetero) is 1. The highest BCUT2D eigenvalue weighted by Gasteiger charge is 1.83. The molecule has 0 aliphatic heterocycles. The second kappa shape index (κ2) is 12.8. The van der Waals surface area contributed by atoms with Crippen LogP contribution >= 0.6 is 0 Å². The Bertz CT molecular complexity index is 228. The van der Waals surface area contributed by atoms with Gasteiger partial charge in [-0.25, -0.2) is 0 Å². The maximum atomic E-state index is 9.44. The van der Waals surface area contributed by atoms with E-state index >= 15 is 0 Å². The highest BCUT2D eigenvalue weighted by atomic mass is 16.1. The third-order valence-electron chi connectivity index (χ3n) is 1.22. The molecule has 0 bridgehead atoms. The van der Waals surface area contributed by atoms with Crippen molar-refractivity contribution in [3.63, 3.8) is 0 Å². The predicted molar refractivity (Wildman–Crippen MR) is 66.9 cm³/mol. The van der Waals surface area contributed by atoms with Gasteiger partial charge in [0.25, 0.3) is 0 Å². The summed E-state index contributed by atoms with van der Waals surface area (Å²) in [5.41, 5.74) is 1.33. The molecule has 0 spiro atoms. The molecule has 15 heavy (non-hydrogen) atoms. The van der Waals surface area contributed by atoms with Crippen molar-refractivity contribution in [1.82, 2.24) is 5.32 Å². The molecule has 0 saturated carbocycles. The topological polar surface area (TPSA) is 29.1 Å². The van der Waals surface area contributed by atoms with Crippen LogP contribution in [0.1, 0.15) is 33.3 Å². The molecule has 1 rings (SSSR count). The van der Waals surface area contributed by atoms with Gasteiger partial charge in [0.15, 0.2) is 0 Å². The number of rotatable bonds is 2. The van der Waals surface area contributed by atoms with Gasteiger partial charge in [0, 0.05) is 6.54 Å². The van der Waals surface area contributed by atoms with Gasteiger partial charge in [0.1, 0.15) is 5.78 Å². The summed E-state index contributed by atoms with van der Waals surface area (Å²) in [6, 6.07) is 10.3. The molecular formula is C13H23NO. The van der Waals surface area contributed by atoms with Crippen molar-refractivity contribution < 1.29 is 4.79 Å². The third kappa shape index (κ3) is 15.6. The molecule has 0 atom stereocenters. The average molecular weight is 209 g/mol. The maximum Gasteiger partial charge on any atom is 0.126 e. The minimum absolute atomic E-state index is 0.167. The minimum atomic E-state index is 0.167. The van der Waals surface area contributed by atoms with Gasteiger partial charge < -0.3 is 10.1 Å². The zero-order valence-corrected chi connectivity index (χ0v) is 10.5. The van der Waals surface area contributed by atoms with Crippen LogP contribution < -0.4 is 5.32 Å². The molecule has 2 heteroatoms. The van der Waals surface area contributed by atoms with Crippen LogP contribution in [0.2, 0.25) is 0 Å². The van der Waals surface area contributed by atoms with Crippen LogP contribution in [0.3, 0.4) is 0 Å². The summed E-state index contributed by atoms with van der Waals surface area (Å²) in [6.07, 6.45) is 0. The van der Waals surface area contributed by atoms with Crippen LogP contribution in [0, 0.1) is 0 Å². The van der Waals surface area contributed by atoms with E-state index in [-0.39, 0.29) is 5.78 Å². The lowest BCUT2D eigenvalue weighted by atomic mass is 10.2. The van der Waals surface area contributed by atoms with E-state index in [0.717, 1.165) is 6.54 Å². The van der Waals surface area contributed by atoms with Gasteiger partial charge in [0.2, 0.25) is 0 Å². The van der Waals surface area contributed by atoms with Gasteiger partial charge in [-0.15, -0.1) is 0 Å². The lowest BCUT2D eigenvalue weighted by Crippen LogP contribution is -2.04. The summed E-state index contributed by atoms with van der Waals surface area (Å²) in [5, 5.41) is 3.08. The number of carbonyl (C=O) groups is 1. The summed E-state index contributed by atoms with van der Waals surface area (Å²) in [6.45, 7) is 8.01. The van der Waals surface area contributed by atoms with E-state index in [0.29, 0.717) is 0 Å². The number of nitrogens with one attached hydrogen (secondary N) is 1. The van der Waals surface area contributed by atoms with Crippen molar-refractivity contribution in [2.24, 2.45) is 0 Å². The van der Waals surface area contributed by atoms with Gasteiger partial charge in [-0.2, -0.15) is 0 Å². The third-order valence-corrected chi connectivity index (χ3v) is 1.22. The summed E-state index contributed by atoms with van der Waals surface area (Å²) >= 11 is 0. The predicted octanol–water partition coefficient (Wildman–Crippen LogP) is 3.03. The molecule has 1 aromatic carbocycles. The summed E-state index contributed by atoms with van der Waals surface area (Å²) in [4.78, 5) is 9.44. The SMILES string of the molecule is CC.CC(C)=O.CNCc1ccccc1. The van der Waals surface area contributed by atoms with Crippen molar-refractivity contribution in [2.45, 2.75) is 34.2 Å². The first-order valence-corrected chi connectivity index (χ1v) is 5.32. The van der Waals surface area contributed by atoms with E-state index in [1.54, 1.807) is 0 Å². The van der Waals surface area contributed by atoms with E-state index in [4.69, 9.17) is 0 Å². The van der Waals surface area contributed by atoms with Crippen LogP contribution in [0.15, 0.2) is 30.3 Å². The molecule has 0 amide bonds. The van der Waals surface area contributed by atoms with Crippen LogP contribution in [-0.2, 0) is 11.3 Å². The Hall–Kier alpha value is -1.15. The molecule has 86 valence electrons. The zero-order valence-electron chi connectivity index (χ0n) is 10.5. The molecule has 1 aromatic rings. The second-order valence-electron chi connectivity index (χ2n) is 2.92. The van der Waals surface area contributed by atoms with Crippen molar-refractivity contribution in [2.75, 3.05) is 7.05 Å². The normalized spacial score (nSPS) is 7.80. The first kappa shape index (κ1) is 16.3. The van der Waals surface area contributed by atoms with Gasteiger partial charge in [0.05, 0.1) is 0 Å². The van der Waals surface area contributed by atoms with Crippen LogP contribution in [0.5, 0.6) is 0 Å². The van der Waals surface area contributed by atoms with Crippen molar-refractivity contribution in [1.29, 1.82) is 0 Å². The smallest absolute Gasteiger partial charge is 0.126 e. The van der Waals surface area contributed by atoms with Crippen LogP contribution in [0.25, 0.3) is 0 Å². The van der Waals surface area contributed by atoms with E-state index < -0.39 is 0 Å². The van der Waals surface area contributed by atoms with E-state index in [1.165, 1.54) is 19.4 Å². The molecular weight excluding hydrogens is 186 g/mol. The van der Waals surface area contributed by atoms with Crippen LogP contribution in [-0.4, -0.2) is 12.8 Å². The van der Waals surface area contributed by atoms with Crippen molar-refractivity contribution >= 4 is 5.78 Å². The fourth-order valence-electron chi connectivity index (χ4n) is 0.800. The summed E-state index contributed by atoms with van der Waals surface area (Å²) < 4.78 is 0. The molecule has 1 N–H and O–H groups in total. The number of benzene rings is 1. The molecule has 0 heterocycles. The largest absolute Gasteiger partial charge is 0.316 e. The fourth-order valence-corrected chi connectivity index (χ4v) is 0.800. The fraction of sp³-hybridized carbons (Fsp3) is 0.462. The Morgan fingerprint density at radius 1 is 1.13 bits per heavy atom. The van der Waals surface area contributed by atoms with Crippen molar-refractivity contribution in [3.8, 4) is 0 Å². The summed E-state index contributed by atoms with van der Waals surface area (Å²) in [7, 11) is 1.95. The Kier molecular flexibility index (Phi) is 14.0. The number of hydrogen-bond donors (Lipinski definition) is 1. The van der Waals surface area contributed by atoms with Crippen molar-refractivity contribution in [3.05, 3.63) is 35.9 Å². The zero-order chi connectivity index (χ0) is 12.1. The lowest BCUT2D eigenvalue weighted by molar-refractivity contribution is -0.114. The van der Waals surface area contributed by atoms with Gasteiger partial charge in [-0.05, 0) is 26.5 Å². The second-order valence-corrected chi connectivity index (χ2v) is 2.92. The monoisotopic (exact) mass is 209 g/mol. The molecule has 2 nitrogen and oxygen atoms in total. The Balaban J connectivity index is 0. The maximum absolute atomic E-state index is 9.44. The van der Waals surface area contributed by atoms with Gasteiger partial charge >= 0.3 is 0 Å². The van der Waals surface area contributed by atoms with Gasteiger partial charge in [-0.3, -0.25) is 0 Å². The molecule has 0 unspecified atom stereocenters. The standard InChI is InChI=1S/C8H11N.C3H6O.C2H6/c1-9-7-8-5-3-2-4-6-8;1-3(2)4;1-2/h2-6,9H,7H2,1H3;1-2H3;1-2H3. The molecule has 0 aliphatic rings. The highest BCUT2D eigenvalue weighted by Crippen LogP contribution is 1.95. The van der Waals surface area contributed by atoms with E-state index in [1.807, 2.05) is 39.1 Å². The highest BCUT2D eigenvalue weighted by molar-refractivity contribution is 5.72. The molecule has 0 saturated heterocycles. The number of ketones is 1. The first-order chi connectivity index (χ1) is 7.16. The number of carbonyl (C=O) groups excluding carboxylic acids is 1. The molecule has 0 radical (unpaired) electrons. The Morgan fingerprint density at radius 2 is 1.53 bits per heavy atom. The Morgan fingerprint density at radius 3 is 1.87 bits per heavy atom. The number of hydrogen-bond acceptors (Lipinski definition) is 2. The van der Waals surface area contributed by atoms with Gasteiger partial charge in [-0.1, -0.05) is 44.2 Å². The first-order valence-electron chi connectivity index (χ1n) is 5.32. The molecule has 0 fully saturated rings. The molecule has 0 aromatic heterocycles. The van der Waals surface area contributed by atoms with E-state index in [9.17, 15) is 4.79 Å².